The minimum absolute atomic E-state index is 0.0459. The molecule has 1 aliphatic carbocycles. The summed E-state index contributed by atoms with van der Waals surface area (Å²) >= 11 is 1.57. The number of ether oxygens (including phenoxy) is 3. The van der Waals surface area contributed by atoms with Gasteiger partial charge in [-0.2, -0.15) is 10.4 Å². The van der Waals surface area contributed by atoms with Crippen LogP contribution in [0, 0.1) is 11.3 Å². The number of imide groups is 2. The van der Waals surface area contributed by atoms with Crippen LogP contribution in [0.3, 0.4) is 0 Å². The summed E-state index contributed by atoms with van der Waals surface area (Å²) in [5.41, 5.74) is 5.46. The third-order valence-corrected chi connectivity index (χ3v) is 12.5. The highest BCUT2D eigenvalue weighted by Crippen LogP contribution is 2.39. The number of nitriles is 1. The average Bonchev–Trinajstić information content (AvgIpc) is 4.03. The summed E-state index contributed by atoms with van der Waals surface area (Å²) in [5, 5.41) is 36.6. The lowest BCUT2D eigenvalue weighted by atomic mass is 9.86. The maximum atomic E-state index is 13.2. The van der Waals surface area contributed by atoms with Crippen LogP contribution in [0.5, 0.6) is 0 Å². The van der Waals surface area contributed by atoms with E-state index in [9.17, 15) is 29.2 Å². The van der Waals surface area contributed by atoms with Gasteiger partial charge in [0.05, 0.1) is 78.0 Å². The fraction of sp³-hybridized carbons (Fsp3) is 0.391. The van der Waals surface area contributed by atoms with E-state index in [0.29, 0.717) is 44.2 Å². The van der Waals surface area contributed by atoms with Crippen molar-refractivity contribution >= 4 is 57.8 Å². The highest BCUT2D eigenvalue weighted by molar-refractivity contribution is 7.14. The van der Waals surface area contributed by atoms with Gasteiger partial charge in [0, 0.05) is 54.6 Å². The number of nitrogens with zero attached hydrogens (tertiary/aromatic N) is 7. The second-order valence-corrected chi connectivity index (χ2v) is 17.3. The highest BCUT2D eigenvalue weighted by Gasteiger charge is 2.45. The highest BCUT2D eigenvalue weighted by atomic mass is 32.1. The van der Waals surface area contributed by atoms with Gasteiger partial charge in [0.25, 0.3) is 11.8 Å². The van der Waals surface area contributed by atoms with Crippen molar-refractivity contribution in [1.82, 2.24) is 40.3 Å². The number of amides is 5. The van der Waals surface area contributed by atoms with Crippen LogP contribution in [0.15, 0.2) is 67.2 Å². The number of piperidine rings is 1. The average molecular weight is 916 g/mol. The molecule has 6 heterocycles. The van der Waals surface area contributed by atoms with Crippen LogP contribution in [0.1, 0.15) is 89.6 Å². The number of nitrogens with one attached hydrogen (secondary N) is 4. The molecule has 4 N–H and O–H groups in total. The Morgan fingerprint density at radius 2 is 1.74 bits per heavy atom. The molecule has 5 amide bonds. The van der Waals surface area contributed by atoms with Crippen molar-refractivity contribution in [2.24, 2.45) is 0 Å². The summed E-state index contributed by atoms with van der Waals surface area (Å²) in [4.78, 5) is 68.6. The lowest BCUT2D eigenvalue weighted by Crippen LogP contribution is -2.54. The van der Waals surface area contributed by atoms with E-state index in [0.717, 1.165) is 68.8 Å². The van der Waals surface area contributed by atoms with Gasteiger partial charge in [-0.15, -0.1) is 10.2 Å². The number of carbonyl (C=O) groups is 5. The Kier molecular flexibility index (Phi) is 14.4. The second-order valence-electron chi connectivity index (χ2n) is 16.3. The van der Waals surface area contributed by atoms with Crippen LogP contribution in [0.25, 0.3) is 27.5 Å². The number of carbonyl (C=O) groups excluding carboxylic acids is 5. The summed E-state index contributed by atoms with van der Waals surface area (Å²) in [6, 6.07) is 13.8. The molecule has 1 saturated heterocycles. The molecule has 0 bridgehead atoms. The molecule has 4 aromatic heterocycles. The molecule has 1 unspecified atom stereocenters. The number of pyridine rings is 1. The first-order valence-electron chi connectivity index (χ1n) is 21.9. The molecule has 2 aliphatic heterocycles. The zero-order chi connectivity index (χ0) is 46.2. The number of aromatic nitrogens is 5. The van der Waals surface area contributed by atoms with Gasteiger partial charge in [-0.05, 0) is 82.3 Å². The molecule has 5 aromatic rings. The Morgan fingerprint density at radius 3 is 2.53 bits per heavy atom. The number of rotatable bonds is 19. The molecule has 2 fully saturated rings. The summed E-state index contributed by atoms with van der Waals surface area (Å²) < 4.78 is 18.4. The Balaban J connectivity index is 0.704. The molecule has 1 aromatic carbocycles. The van der Waals surface area contributed by atoms with E-state index in [4.69, 9.17) is 19.2 Å². The summed E-state index contributed by atoms with van der Waals surface area (Å²) in [7, 11) is 0. The first-order chi connectivity index (χ1) is 32.1. The first kappa shape index (κ1) is 45.5. The smallest absolute Gasteiger partial charge is 0.264 e. The van der Waals surface area contributed by atoms with Gasteiger partial charge >= 0.3 is 0 Å². The van der Waals surface area contributed by atoms with Crippen molar-refractivity contribution in [2.45, 2.75) is 76.4 Å². The molecule has 0 spiro atoms. The van der Waals surface area contributed by atoms with E-state index in [1.54, 1.807) is 46.3 Å². The van der Waals surface area contributed by atoms with E-state index in [1.807, 2.05) is 24.4 Å². The van der Waals surface area contributed by atoms with Gasteiger partial charge in [0.1, 0.15) is 23.7 Å². The van der Waals surface area contributed by atoms with Crippen LogP contribution in [-0.2, 0) is 28.6 Å². The lowest BCUT2D eigenvalue weighted by Gasteiger charge is -2.27. The molecule has 342 valence electrons. The zero-order valence-corrected chi connectivity index (χ0v) is 37.3. The molecule has 1 saturated carbocycles. The van der Waals surface area contributed by atoms with E-state index < -0.39 is 29.7 Å². The van der Waals surface area contributed by atoms with Gasteiger partial charge in [-0.3, -0.25) is 39.2 Å². The van der Waals surface area contributed by atoms with Gasteiger partial charge in [0.15, 0.2) is 5.01 Å². The summed E-state index contributed by atoms with van der Waals surface area (Å²) in [6.07, 6.45) is 9.63. The first-order valence-corrected chi connectivity index (χ1v) is 22.7. The number of anilines is 2. The Labute approximate surface area is 383 Å². The fourth-order valence-electron chi connectivity index (χ4n) is 8.22. The van der Waals surface area contributed by atoms with Gasteiger partial charge in [-0.1, -0.05) is 17.4 Å². The van der Waals surface area contributed by atoms with E-state index in [1.165, 1.54) is 12.3 Å². The quantitative estimate of drug-likeness (QED) is 0.0375. The number of benzene rings is 1. The van der Waals surface area contributed by atoms with Crippen molar-refractivity contribution in [3.8, 4) is 28.0 Å². The van der Waals surface area contributed by atoms with Gasteiger partial charge < -0.3 is 30.2 Å². The molecule has 66 heavy (non-hydrogen) atoms. The van der Waals surface area contributed by atoms with E-state index >= 15 is 0 Å². The normalized spacial score (nSPS) is 18.5. The fourth-order valence-corrected chi connectivity index (χ4v) is 9.26. The maximum Gasteiger partial charge on any atom is 0.264 e. The predicted octanol–water partition coefficient (Wildman–Crippen LogP) is 4.83. The monoisotopic (exact) mass is 915 g/mol. The maximum absolute atomic E-state index is 13.2. The molecule has 1 atom stereocenters. The second kappa shape index (κ2) is 20.8. The summed E-state index contributed by atoms with van der Waals surface area (Å²) in [6.45, 7) is 6.00. The van der Waals surface area contributed by atoms with Crippen molar-refractivity contribution in [3.63, 3.8) is 0 Å². The number of hydrogen-bond donors (Lipinski definition) is 4. The SMILES string of the molecule is CC(C)Nc1cc(-c2ccc3cc(C#N)cnn23)ncc1-c1nnc(C2CCC(NC(=O)C=COCCOCCOCCNc3cccc4c3C(=O)N(C3CCC(=O)NC3=O)C4=O)CC2)s1. The van der Waals surface area contributed by atoms with Crippen LogP contribution in [0.4, 0.5) is 11.4 Å². The Hall–Kier alpha value is -7.08. The molecule has 0 radical (unpaired) electrons. The minimum Gasteiger partial charge on any atom is -0.499 e. The van der Waals surface area contributed by atoms with Crippen molar-refractivity contribution in [2.75, 3.05) is 50.2 Å². The molecule has 19 nitrogen and oxygen atoms in total. The van der Waals surface area contributed by atoms with Crippen LogP contribution in [-0.4, -0.2) is 117 Å². The molecular weight excluding hydrogens is 867 g/mol. The van der Waals surface area contributed by atoms with Crippen LogP contribution >= 0.6 is 11.3 Å². The van der Waals surface area contributed by atoms with Crippen molar-refractivity contribution in [1.29, 1.82) is 5.26 Å². The van der Waals surface area contributed by atoms with Crippen molar-refractivity contribution in [3.05, 3.63) is 88.9 Å². The number of fused-ring (bicyclic) bond motifs is 2. The van der Waals surface area contributed by atoms with Gasteiger partial charge in [-0.25, -0.2) is 4.52 Å². The standard InChI is InChI=1S/C46H49N11O8S/c1-27(2)51-35-23-36(37-11-10-31-22-28(24-47)25-50-57(31)37)49-26-33(35)44-55-54-43(66-44)29-6-8-30(9-7-29)52-40(59)14-16-63-18-20-65-21-19-64-17-15-48-34-5-3-4-32-41(34)46(62)56(45(32)61)38-12-13-39(58)53-42(38)60/h3-5,10-11,14,16,22-23,25-27,29-30,38,48H,6-9,12-13,15,17-21H2,1-2H3,(H,49,51)(H,52,59)(H,53,58,60). The largest absolute Gasteiger partial charge is 0.499 e. The number of hydrogen-bond acceptors (Lipinski definition) is 16. The van der Waals surface area contributed by atoms with Crippen LogP contribution in [0.2, 0.25) is 0 Å². The lowest BCUT2D eigenvalue weighted by molar-refractivity contribution is -0.136. The Morgan fingerprint density at radius 1 is 0.939 bits per heavy atom. The van der Waals surface area contributed by atoms with Gasteiger partial charge in [0.2, 0.25) is 17.7 Å². The van der Waals surface area contributed by atoms with E-state index in [2.05, 4.69) is 56.5 Å². The third-order valence-electron chi connectivity index (χ3n) is 11.4. The van der Waals surface area contributed by atoms with Crippen molar-refractivity contribution < 1.29 is 38.2 Å². The minimum atomic E-state index is -1.03. The molecular formula is C46H49N11O8S. The Bertz CT molecular complexity index is 2700. The third kappa shape index (κ3) is 10.4. The van der Waals surface area contributed by atoms with Crippen LogP contribution < -0.4 is 21.3 Å². The zero-order valence-electron chi connectivity index (χ0n) is 36.5. The molecule has 20 heteroatoms. The summed E-state index contributed by atoms with van der Waals surface area (Å²) in [5.74, 6) is -2.20. The predicted molar refractivity (Wildman–Crippen MR) is 242 cm³/mol. The molecule has 8 rings (SSSR count). The van der Waals surface area contributed by atoms with E-state index in [-0.39, 0.29) is 54.5 Å². The molecule has 3 aliphatic rings. The topological polar surface area (TPSA) is 244 Å².